The summed E-state index contributed by atoms with van der Waals surface area (Å²) in [6, 6.07) is 12.2. The van der Waals surface area contributed by atoms with E-state index in [9.17, 15) is 14.0 Å². The van der Waals surface area contributed by atoms with Crippen molar-refractivity contribution in [3.63, 3.8) is 0 Å². The zero-order valence-corrected chi connectivity index (χ0v) is 10.9. The Morgan fingerprint density at radius 2 is 1.75 bits per heavy atom. The molecular weight excluding hydrogens is 259 g/mol. The summed E-state index contributed by atoms with van der Waals surface area (Å²) in [5.74, 6) is -1.97. The fraction of sp³-hybridized carbons (Fsp3) is 0.125. The maximum absolute atomic E-state index is 14.0. The average Bonchev–Trinajstić information content (AvgIpc) is 2.47. The third kappa shape index (κ3) is 2.74. The van der Waals surface area contributed by atoms with Gasteiger partial charge in [-0.1, -0.05) is 36.4 Å². The lowest BCUT2D eigenvalue weighted by Crippen LogP contribution is -2.14. The van der Waals surface area contributed by atoms with E-state index in [1.807, 2.05) is 0 Å². The summed E-state index contributed by atoms with van der Waals surface area (Å²) >= 11 is 0. The zero-order valence-electron chi connectivity index (χ0n) is 10.9. The summed E-state index contributed by atoms with van der Waals surface area (Å²) < 4.78 is 18.8. The lowest BCUT2D eigenvalue weighted by atomic mass is 9.98. The molecule has 0 aliphatic rings. The molecule has 0 saturated heterocycles. The van der Waals surface area contributed by atoms with Crippen LogP contribution in [0.3, 0.4) is 0 Å². The van der Waals surface area contributed by atoms with E-state index in [1.54, 1.807) is 37.3 Å². The van der Waals surface area contributed by atoms with Gasteiger partial charge in [-0.05, 0) is 19.1 Å². The zero-order chi connectivity index (χ0) is 14.5. The van der Waals surface area contributed by atoms with Crippen LogP contribution in [0, 0.1) is 5.82 Å². The van der Waals surface area contributed by atoms with Gasteiger partial charge in [0.05, 0.1) is 17.7 Å². The smallest absolute Gasteiger partial charge is 0.338 e. The number of carbonyl (C=O) groups is 2. The lowest BCUT2D eigenvalue weighted by molar-refractivity contribution is 0.0522. The molecule has 2 aromatic rings. The molecule has 0 atom stereocenters. The first-order chi connectivity index (χ1) is 9.65. The Labute approximate surface area is 116 Å². The van der Waals surface area contributed by atoms with Gasteiger partial charge in [-0.3, -0.25) is 4.79 Å². The Kier molecular flexibility index (Phi) is 4.25. The van der Waals surface area contributed by atoms with Gasteiger partial charge in [-0.25, -0.2) is 9.18 Å². The number of benzene rings is 2. The molecule has 0 N–H and O–H groups in total. The number of carbonyl (C=O) groups excluding carboxylic acids is 2. The van der Waals surface area contributed by atoms with Gasteiger partial charge in [-0.15, -0.1) is 0 Å². The van der Waals surface area contributed by atoms with Crippen molar-refractivity contribution in [2.45, 2.75) is 6.92 Å². The molecule has 0 aliphatic carbocycles. The SMILES string of the molecule is CCOC(=O)c1cccc(F)c1C(=O)c1ccccc1. The molecule has 0 spiro atoms. The highest BCUT2D eigenvalue weighted by molar-refractivity contribution is 6.14. The van der Waals surface area contributed by atoms with Gasteiger partial charge in [0.2, 0.25) is 0 Å². The molecule has 0 heterocycles. The maximum atomic E-state index is 14.0. The molecule has 0 unspecified atom stereocenters. The van der Waals surface area contributed by atoms with Crippen LogP contribution in [0.2, 0.25) is 0 Å². The Balaban J connectivity index is 2.50. The fourth-order valence-electron chi connectivity index (χ4n) is 1.87. The number of hydrogen-bond donors (Lipinski definition) is 0. The van der Waals surface area contributed by atoms with Crippen molar-refractivity contribution >= 4 is 11.8 Å². The standard InChI is InChI=1S/C16H13FO3/c1-2-20-16(19)12-9-6-10-13(17)14(12)15(18)11-7-4-3-5-8-11/h3-10H,2H2,1H3. The summed E-state index contributed by atoms with van der Waals surface area (Å²) in [6.45, 7) is 1.81. The van der Waals surface area contributed by atoms with Crippen molar-refractivity contribution in [1.82, 2.24) is 0 Å². The van der Waals surface area contributed by atoms with Gasteiger partial charge < -0.3 is 4.74 Å². The molecule has 0 aromatic heterocycles. The Morgan fingerprint density at radius 3 is 2.40 bits per heavy atom. The second-order valence-electron chi connectivity index (χ2n) is 4.08. The molecule has 102 valence electrons. The highest BCUT2D eigenvalue weighted by Crippen LogP contribution is 2.19. The summed E-state index contributed by atoms with van der Waals surface area (Å²) in [5.41, 5.74) is 0.0148. The first-order valence-corrected chi connectivity index (χ1v) is 6.20. The molecule has 2 rings (SSSR count). The van der Waals surface area contributed by atoms with Gasteiger partial charge in [0, 0.05) is 5.56 Å². The van der Waals surface area contributed by atoms with E-state index in [-0.39, 0.29) is 17.7 Å². The van der Waals surface area contributed by atoms with Gasteiger partial charge in [0.25, 0.3) is 0 Å². The quantitative estimate of drug-likeness (QED) is 0.634. The van der Waals surface area contributed by atoms with Crippen molar-refractivity contribution in [2.24, 2.45) is 0 Å². The monoisotopic (exact) mass is 272 g/mol. The summed E-state index contributed by atoms with van der Waals surface area (Å²) in [4.78, 5) is 24.2. The van der Waals surface area contributed by atoms with Crippen molar-refractivity contribution in [3.05, 3.63) is 71.0 Å². The van der Waals surface area contributed by atoms with E-state index in [2.05, 4.69) is 0 Å². The molecule has 4 heteroatoms. The average molecular weight is 272 g/mol. The Hall–Kier alpha value is -2.49. The highest BCUT2D eigenvalue weighted by Gasteiger charge is 2.22. The number of ketones is 1. The molecule has 0 amide bonds. The number of halogens is 1. The lowest BCUT2D eigenvalue weighted by Gasteiger charge is -2.09. The largest absolute Gasteiger partial charge is 0.462 e. The molecule has 2 aromatic carbocycles. The minimum atomic E-state index is -0.732. The number of esters is 1. The minimum Gasteiger partial charge on any atom is -0.462 e. The predicted octanol–water partition coefficient (Wildman–Crippen LogP) is 3.23. The van der Waals surface area contributed by atoms with Crippen molar-refractivity contribution in [2.75, 3.05) is 6.61 Å². The van der Waals surface area contributed by atoms with E-state index in [1.165, 1.54) is 12.1 Å². The topological polar surface area (TPSA) is 43.4 Å². The molecule has 3 nitrogen and oxygen atoms in total. The summed E-state index contributed by atoms with van der Waals surface area (Å²) in [6.07, 6.45) is 0. The molecule has 0 bridgehead atoms. The van der Waals surface area contributed by atoms with Crippen LogP contribution in [-0.4, -0.2) is 18.4 Å². The number of hydrogen-bond acceptors (Lipinski definition) is 3. The molecular formula is C16H13FO3. The van der Waals surface area contributed by atoms with Crippen molar-refractivity contribution in [3.8, 4) is 0 Å². The van der Waals surface area contributed by atoms with E-state index in [0.29, 0.717) is 5.56 Å². The van der Waals surface area contributed by atoms with E-state index in [0.717, 1.165) is 6.07 Å². The van der Waals surface area contributed by atoms with Crippen LogP contribution in [0.5, 0.6) is 0 Å². The highest BCUT2D eigenvalue weighted by atomic mass is 19.1. The first kappa shape index (κ1) is 13.9. The van der Waals surface area contributed by atoms with Crippen LogP contribution >= 0.6 is 0 Å². The second-order valence-corrected chi connectivity index (χ2v) is 4.08. The molecule has 0 aliphatic heterocycles. The third-order valence-corrected chi connectivity index (χ3v) is 2.77. The molecule has 0 saturated carbocycles. The number of ether oxygens (including phenoxy) is 1. The summed E-state index contributed by atoms with van der Waals surface area (Å²) in [5, 5.41) is 0. The summed E-state index contributed by atoms with van der Waals surface area (Å²) in [7, 11) is 0. The van der Waals surface area contributed by atoms with Crippen molar-refractivity contribution < 1.29 is 18.7 Å². The van der Waals surface area contributed by atoms with Crippen LogP contribution in [-0.2, 0) is 4.74 Å². The van der Waals surface area contributed by atoms with E-state index in [4.69, 9.17) is 4.74 Å². The maximum Gasteiger partial charge on any atom is 0.338 e. The van der Waals surface area contributed by atoms with Crippen molar-refractivity contribution in [1.29, 1.82) is 0 Å². The van der Waals surface area contributed by atoms with E-state index >= 15 is 0 Å². The van der Waals surface area contributed by atoms with Gasteiger partial charge >= 0.3 is 5.97 Å². The fourth-order valence-corrected chi connectivity index (χ4v) is 1.87. The molecule has 0 radical (unpaired) electrons. The Bertz CT molecular complexity index is 635. The number of rotatable bonds is 4. The molecule has 0 fully saturated rings. The Morgan fingerprint density at radius 1 is 1.05 bits per heavy atom. The van der Waals surface area contributed by atoms with Gasteiger partial charge in [0.1, 0.15) is 5.82 Å². The van der Waals surface area contributed by atoms with Gasteiger partial charge in [-0.2, -0.15) is 0 Å². The molecule has 20 heavy (non-hydrogen) atoms. The van der Waals surface area contributed by atoms with E-state index < -0.39 is 17.6 Å². The normalized spacial score (nSPS) is 10.1. The van der Waals surface area contributed by atoms with Gasteiger partial charge in [0.15, 0.2) is 5.78 Å². The van der Waals surface area contributed by atoms with Crippen LogP contribution in [0.15, 0.2) is 48.5 Å². The van der Waals surface area contributed by atoms with Crippen LogP contribution < -0.4 is 0 Å². The second kappa shape index (κ2) is 6.10. The minimum absolute atomic E-state index is 0.0549. The first-order valence-electron chi connectivity index (χ1n) is 6.20. The van der Waals surface area contributed by atoms with Crippen LogP contribution in [0.25, 0.3) is 0 Å². The van der Waals surface area contributed by atoms with Crippen LogP contribution in [0.1, 0.15) is 33.2 Å². The predicted molar refractivity (Wildman–Crippen MR) is 72.2 cm³/mol. The van der Waals surface area contributed by atoms with Crippen LogP contribution in [0.4, 0.5) is 4.39 Å². The third-order valence-electron chi connectivity index (χ3n) is 2.77.